The molecule has 0 radical (unpaired) electrons. The van der Waals surface area contributed by atoms with E-state index in [4.69, 9.17) is 0 Å². The molecule has 2 N–H and O–H groups in total. The van der Waals surface area contributed by atoms with Crippen molar-refractivity contribution >= 4 is 60.6 Å². The lowest BCUT2D eigenvalue weighted by Crippen LogP contribution is -2.04. The Morgan fingerprint density at radius 1 is 1.25 bits per heavy atom. The van der Waals surface area contributed by atoms with E-state index in [1.165, 1.54) is 9.75 Å². The average Bonchev–Trinajstić information content (AvgIpc) is 3.00. The maximum Gasteiger partial charge on any atom is 0.225 e. The van der Waals surface area contributed by atoms with Crippen molar-refractivity contribution in [3.05, 3.63) is 31.7 Å². The van der Waals surface area contributed by atoms with Crippen LogP contribution in [0.4, 0.5) is 11.8 Å². The second-order valence-corrected chi connectivity index (χ2v) is 8.06. The van der Waals surface area contributed by atoms with E-state index in [9.17, 15) is 0 Å². The van der Waals surface area contributed by atoms with Crippen LogP contribution in [0.1, 0.15) is 9.75 Å². The van der Waals surface area contributed by atoms with E-state index in [2.05, 4.69) is 61.7 Å². The number of hydrogen-bond acceptors (Lipinski definition) is 6. The maximum atomic E-state index is 4.52. The van der Waals surface area contributed by atoms with Crippen LogP contribution in [0.15, 0.2) is 22.0 Å². The average molecular weight is 369 g/mol. The van der Waals surface area contributed by atoms with E-state index < -0.39 is 0 Å². The number of aromatic nitrogens is 2. The van der Waals surface area contributed by atoms with Crippen LogP contribution in [-0.2, 0) is 6.54 Å². The Balaban J connectivity index is 1.92. The van der Waals surface area contributed by atoms with E-state index in [1.54, 1.807) is 22.7 Å². The van der Waals surface area contributed by atoms with Crippen molar-refractivity contribution in [2.75, 3.05) is 17.7 Å². The quantitative estimate of drug-likeness (QED) is 0.712. The first-order chi connectivity index (χ1) is 9.65. The van der Waals surface area contributed by atoms with Crippen molar-refractivity contribution in [3.63, 3.8) is 0 Å². The molecule has 20 heavy (non-hydrogen) atoms. The highest BCUT2D eigenvalue weighted by atomic mass is 79.9. The maximum absolute atomic E-state index is 4.52. The summed E-state index contributed by atoms with van der Waals surface area (Å²) in [6.07, 6.45) is 0. The van der Waals surface area contributed by atoms with Crippen LogP contribution in [0.2, 0.25) is 0 Å². The van der Waals surface area contributed by atoms with Gasteiger partial charge in [0.2, 0.25) is 5.95 Å². The van der Waals surface area contributed by atoms with Gasteiger partial charge >= 0.3 is 0 Å². The number of nitrogens with one attached hydrogen (secondary N) is 2. The zero-order valence-corrected chi connectivity index (χ0v) is 14.2. The van der Waals surface area contributed by atoms with Gasteiger partial charge in [0.1, 0.15) is 10.6 Å². The summed E-state index contributed by atoms with van der Waals surface area (Å²) < 4.78 is 1.14. The van der Waals surface area contributed by atoms with E-state index in [1.807, 2.05) is 7.05 Å². The van der Waals surface area contributed by atoms with Gasteiger partial charge in [0, 0.05) is 16.8 Å². The van der Waals surface area contributed by atoms with Gasteiger partial charge in [-0.3, -0.25) is 0 Å². The Hall–Kier alpha value is -1.18. The molecule has 0 fully saturated rings. The van der Waals surface area contributed by atoms with Gasteiger partial charge in [0.05, 0.1) is 15.7 Å². The molecular weight excluding hydrogens is 356 g/mol. The molecule has 0 bridgehead atoms. The van der Waals surface area contributed by atoms with Crippen LogP contribution in [0.25, 0.3) is 10.2 Å². The Morgan fingerprint density at radius 3 is 2.80 bits per heavy atom. The fraction of sp³-hybridized carbons (Fsp3) is 0.231. The van der Waals surface area contributed by atoms with Crippen molar-refractivity contribution in [1.29, 1.82) is 0 Å². The zero-order valence-electron chi connectivity index (χ0n) is 11.0. The summed E-state index contributed by atoms with van der Waals surface area (Å²) in [6, 6.07) is 6.30. The summed E-state index contributed by atoms with van der Waals surface area (Å²) in [7, 11) is 1.84. The van der Waals surface area contributed by atoms with Crippen LogP contribution < -0.4 is 10.6 Å². The van der Waals surface area contributed by atoms with Gasteiger partial charge < -0.3 is 10.6 Å². The minimum Gasteiger partial charge on any atom is -0.364 e. The van der Waals surface area contributed by atoms with Crippen molar-refractivity contribution in [1.82, 2.24) is 9.97 Å². The SMILES string of the molecule is CNc1nc(NCc2ccc(Br)s2)c2cc(C)sc2n1. The number of aryl methyl sites for hydroxylation is 1. The summed E-state index contributed by atoms with van der Waals surface area (Å²) in [5.41, 5.74) is 0. The molecule has 0 saturated carbocycles. The van der Waals surface area contributed by atoms with Crippen LogP contribution >= 0.6 is 38.6 Å². The zero-order chi connectivity index (χ0) is 14.1. The van der Waals surface area contributed by atoms with Gasteiger partial charge in [-0.05, 0) is 41.1 Å². The molecule has 0 aliphatic heterocycles. The summed E-state index contributed by atoms with van der Waals surface area (Å²) in [4.78, 5) is 12.5. The first-order valence-corrected chi connectivity index (χ1v) is 8.52. The monoisotopic (exact) mass is 368 g/mol. The Labute approximate surface area is 133 Å². The smallest absolute Gasteiger partial charge is 0.225 e. The summed E-state index contributed by atoms with van der Waals surface area (Å²) in [5.74, 6) is 1.53. The second kappa shape index (κ2) is 5.67. The van der Waals surface area contributed by atoms with Crippen molar-refractivity contribution in [2.45, 2.75) is 13.5 Å². The minimum absolute atomic E-state index is 0.647. The van der Waals surface area contributed by atoms with Crippen molar-refractivity contribution in [3.8, 4) is 0 Å². The van der Waals surface area contributed by atoms with Crippen LogP contribution in [0.3, 0.4) is 0 Å². The predicted molar refractivity (Wildman–Crippen MR) is 91.0 cm³/mol. The lowest BCUT2D eigenvalue weighted by Gasteiger charge is -2.07. The number of anilines is 2. The third-order valence-corrected chi connectivity index (χ3v) is 5.37. The summed E-state index contributed by atoms with van der Waals surface area (Å²) in [5, 5.41) is 7.51. The largest absolute Gasteiger partial charge is 0.364 e. The first kappa shape index (κ1) is 13.8. The molecule has 3 aromatic heterocycles. The third kappa shape index (κ3) is 2.79. The Bertz CT molecular complexity index is 750. The minimum atomic E-state index is 0.647. The fourth-order valence-electron chi connectivity index (χ4n) is 1.91. The lowest BCUT2D eigenvalue weighted by molar-refractivity contribution is 1.12. The predicted octanol–water partition coefficient (Wildman–Crippen LogP) is 4.48. The van der Waals surface area contributed by atoms with E-state index in [-0.39, 0.29) is 0 Å². The highest BCUT2D eigenvalue weighted by Crippen LogP contribution is 2.30. The topological polar surface area (TPSA) is 49.8 Å². The molecule has 104 valence electrons. The Kier molecular flexibility index (Phi) is 3.91. The molecule has 7 heteroatoms. The van der Waals surface area contributed by atoms with Crippen LogP contribution in [-0.4, -0.2) is 17.0 Å². The number of hydrogen-bond donors (Lipinski definition) is 2. The third-order valence-electron chi connectivity index (χ3n) is 2.80. The van der Waals surface area contributed by atoms with Gasteiger partial charge in [0.25, 0.3) is 0 Å². The van der Waals surface area contributed by atoms with Crippen molar-refractivity contribution in [2.24, 2.45) is 0 Å². The highest BCUT2D eigenvalue weighted by molar-refractivity contribution is 9.11. The number of rotatable bonds is 4. The van der Waals surface area contributed by atoms with Gasteiger partial charge in [-0.1, -0.05) is 0 Å². The molecule has 0 unspecified atom stereocenters. The van der Waals surface area contributed by atoms with Gasteiger partial charge in [-0.25, -0.2) is 4.98 Å². The standard InChI is InChI=1S/C13H13BrN4S2/c1-7-5-9-11(16-6-8-3-4-10(14)20-8)17-13(15-2)18-12(9)19-7/h3-5H,6H2,1-2H3,(H2,15,16,17,18). The Morgan fingerprint density at radius 2 is 2.10 bits per heavy atom. The molecule has 0 aliphatic rings. The molecule has 3 heterocycles. The molecular formula is C13H13BrN4S2. The first-order valence-electron chi connectivity index (χ1n) is 6.10. The number of nitrogens with zero attached hydrogens (tertiary/aromatic N) is 2. The van der Waals surface area contributed by atoms with Crippen LogP contribution in [0, 0.1) is 6.92 Å². The number of halogens is 1. The molecule has 0 amide bonds. The lowest BCUT2D eigenvalue weighted by atomic mass is 10.3. The molecule has 0 spiro atoms. The molecule has 0 aliphatic carbocycles. The summed E-state index contributed by atoms with van der Waals surface area (Å²) in [6.45, 7) is 2.85. The van der Waals surface area contributed by atoms with Gasteiger partial charge in [0.15, 0.2) is 0 Å². The second-order valence-electron chi connectivity index (χ2n) is 4.28. The van der Waals surface area contributed by atoms with Gasteiger partial charge in [-0.15, -0.1) is 22.7 Å². The fourth-order valence-corrected chi connectivity index (χ4v) is 4.21. The van der Waals surface area contributed by atoms with E-state index >= 15 is 0 Å². The van der Waals surface area contributed by atoms with Crippen molar-refractivity contribution < 1.29 is 0 Å². The highest BCUT2D eigenvalue weighted by Gasteiger charge is 2.10. The molecule has 0 aromatic carbocycles. The molecule has 3 rings (SSSR count). The molecule has 4 nitrogen and oxygen atoms in total. The molecule has 0 atom stereocenters. The number of fused-ring (bicyclic) bond motifs is 1. The number of thiophene rings is 2. The van der Waals surface area contributed by atoms with E-state index in [0.29, 0.717) is 5.95 Å². The molecule has 3 aromatic rings. The van der Waals surface area contributed by atoms with Crippen LogP contribution in [0.5, 0.6) is 0 Å². The van der Waals surface area contributed by atoms with Gasteiger partial charge in [-0.2, -0.15) is 4.98 Å². The molecule has 0 saturated heterocycles. The van der Waals surface area contributed by atoms with E-state index in [0.717, 1.165) is 26.4 Å². The normalized spacial score (nSPS) is 10.9. The summed E-state index contributed by atoms with van der Waals surface area (Å²) >= 11 is 6.89.